The third-order valence-electron chi connectivity index (χ3n) is 2.04. The lowest BCUT2D eigenvalue weighted by atomic mass is 10.1. The van der Waals surface area contributed by atoms with Crippen LogP contribution in [0.25, 0.3) is 0 Å². The van der Waals surface area contributed by atoms with Crippen LogP contribution < -0.4 is 0 Å². The van der Waals surface area contributed by atoms with E-state index in [0.29, 0.717) is 13.0 Å². The molecule has 0 aliphatic carbocycles. The molecule has 0 spiro atoms. The summed E-state index contributed by atoms with van der Waals surface area (Å²) in [6, 6.07) is 0. The van der Waals surface area contributed by atoms with E-state index in [-0.39, 0.29) is 0 Å². The Kier molecular flexibility index (Phi) is 2.63. The maximum absolute atomic E-state index is 12.7. The molecular formula is C7H14FNO. The van der Waals surface area contributed by atoms with Gasteiger partial charge >= 0.3 is 0 Å². The van der Waals surface area contributed by atoms with E-state index in [4.69, 9.17) is 5.11 Å². The highest BCUT2D eigenvalue weighted by molar-refractivity contribution is 4.78. The van der Waals surface area contributed by atoms with Crippen LogP contribution in [0.15, 0.2) is 0 Å². The number of halogens is 1. The molecule has 1 rings (SSSR count). The second-order valence-electron chi connectivity index (χ2n) is 2.77. The van der Waals surface area contributed by atoms with Gasteiger partial charge in [-0.2, -0.15) is 0 Å². The summed E-state index contributed by atoms with van der Waals surface area (Å²) >= 11 is 0. The summed E-state index contributed by atoms with van der Waals surface area (Å²) in [5.41, 5.74) is 0. The molecule has 2 atom stereocenters. The van der Waals surface area contributed by atoms with Crippen molar-refractivity contribution in [3.63, 3.8) is 0 Å². The van der Waals surface area contributed by atoms with Gasteiger partial charge in [0.1, 0.15) is 6.17 Å². The van der Waals surface area contributed by atoms with Crippen molar-refractivity contribution >= 4 is 0 Å². The first-order valence-electron chi connectivity index (χ1n) is 3.78. The molecule has 0 aromatic rings. The Bertz CT molecular complexity index is 110. The fraction of sp³-hybridized carbons (Fsp3) is 1.00. The van der Waals surface area contributed by atoms with Crippen molar-refractivity contribution < 1.29 is 9.50 Å². The molecule has 3 heteroatoms. The van der Waals surface area contributed by atoms with Crippen molar-refractivity contribution in [1.82, 2.24) is 4.90 Å². The van der Waals surface area contributed by atoms with Gasteiger partial charge in [0.2, 0.25) is 0 Å². The van der Waals surface area contributed by atoms with E-state index < -0.39 is 12.3 Å². The molecule has 0 bridgehead atoms. The van der Waals surface area contributed by atoms with Crippen LogP contribution >= 0.6 is 0 Å². The molecule has 0 unspecified atom stereocenters. The van der Waals surface area contributed by atoms with Gasteiger partial charge in [0.15, 0.2) is 0 Å². The minimum atomic E-state index is -1.03. The van der Waals surface area contributed by atoms with E-state index >= 15 is 0 Å². The highest BCUT2D eigenvalue weighted by Crippen LogP contribution is 2.12. The lowest BCUT2D eigenvalue weighted by Crippen LogP contribution is -2.44. The van der Waals surface area contributed by atoms with Crippen molar-refractivity contribution in [3.8, 4) is 0 Å². The van der Waals surface area contributed by atoms with Gasteiger partial charge in [-0.25, -0.2) is 4.39 Å². The summed E-state index contributed by atoms with van der Waals surface area (Å²) in [6.07, 6.45) is -1.17. The zero-order valence-electron chi connectivity index (χ0n) is 6.26. The number of aliphatic hydroxyl groups excluding tert-OH is 1. The van der Waals surface area contributed by atoms with E-state index in [9.17, 15) is 4.39 Å². The molecule has 2 nitrogen and oxygen atoms in total. The van der Waals surface area contributed by atoms with Crippen LogP contribution in [0.3, 0.4) is 0 Å². The monoisotopic (exact) mass is 147 g/mol. The Morgan fingerprint density at radius 2 is 2.40 bits per heavy atom. The molecular weight excluding hydrogens is 133 g/mol. The highest BCUT2D eigenvalue weighted by atomic mass is 19.1. The number of hydrogen-bond acceptors (Lipinski definition) is 2. The Morgan fingerprint density at radius 1 is 1.70 bits per heavy atom. The molecule has 10 heavy (non-hydrogen) atoms. The van der Waals surface area contributed by atoms with E-state index in [0.717, 1.165) is 13.1 Å². The first-order valence-corrected chi connectivity index (χ1v) is 3.78. The molecule has 0 saturated carbocycles. The zero-order chi connectivity index (χ0) is 7.56. The van der Waals surface area contributed by atoms with Crippen LogP contribution in [0.1, 0.15) is 13.3 Å². The Balaban J connectivity index is 2.33. The predicted molar refractivity (Wildman–Crippen MR) is 37.6 cm³/mol. The number of rotatable bonds is 1. The van der Waals surface area contributed by atoms with Crippen molar-refractivity contribution in [2.24, 2.45) is 0 Å². The van der Waals surface area contributed by atoms with E-state index in [1.165, 1.54) is 0 Å². The maximum Gasteiger partial charge on any atom is 0.138 e. The normalized spacial score (nSPS) is 36.3. The van der Waals surface area contributed by atoms with Crippen LogP contribution in [-0.2, 0) is 0 Å². The molecule has 1 aliphatic rings. The number of likely N-dealkylation sites (tertiary alicyclic amines) is 1. The molecule has 1 fully saturated rings. The number of aliphatic hydroxyl groups is 1. The fourth-order valence-corrected chi connectivity index (χ4v) is 1.24. The van der Waals surface area contributed by atoms with E-state index in [2.05, 4.69) is 0 Å². The summed E-state index contributed by atoms with van der Waals surface area (Å²) in [5.74, 6) is 0. The second-order valence-corrected chi connectivity index (χ2v) is 2.77. The van der Waals surface area contributed by atoms with Gasteiger partial charge in [-0.3, -0.25) is 0 Å². The van der Waals surface area contributed by atoms with Crippen LogP contribution in [0.5, 0.6) is 0 Å². The summed E-state index contributed by atoms with van der Waals surface area (Å²) in [6.45, 7) is 4.12. The Morgan fingerprint density at radius 3 is 2.90 bits per heavy atom. The van der Waals surface area contributed by atoms with Crippen molar-refractivity contribution in [1.29, 1.82) is 0 Å². The molecule has 1 heterocycles. The fourth-order valence-electron chi connectivity index (χ4n) is 1.24. The third-order valence-corrected chi connectivity index (χ3v) is 2.04. The smallest absolute Gasteiger partial charge is 0.138 e. The van der Waals surface area contributed by atoms with Gasteiger partial charge in [-0.05, 0) is 13.0 Å². The molecule has 1 aliphatic heterocycles. The van der Waals surface area contributed by atoms with Crippen LogP contribution in [0.4, 0.5) is 4.39 Å². The first kappa shape index (κ1) is 7.95. The molecule has 0 aromatic heterocycles. The van der Waals surface area contributed by atoms with Gasteiger partial charge in [0.25, 0.3) is 0 Å². The average molecular weight is 147 g/mol. The molecule has 0 aromatic carbocycles. The first-order chi connectivity index (χ1) is 4.74. The summed E-state index contributed by atoms with van der Waals surface area (Å²) in [7, 11) is 0. The average Bonchev–Trinajstić information content (AvgIpc) is 1.95. The van der Waals surface area contributed by atoms with Gasteiger partial charge in [-0.1, -0.05) is 6.92 Å². The second kappa shape index (κ2) is 3.30. The van der Waals surface area contributed by atoms with Crippen molar-refractivity contribution in [2.45, 2.75) is 25.6 Å². The quantitative estimate of drug-likeness (QED) is 0.580. The molecule has 1 saturated heterocycles. The lowest BCUT2D eigenvalue weighted by molar-refractivity contribution is 0.00833. The highest BCUT2D eigenvalue weighted by Gasteiger charge is 2.25. The van der Waals surface area contributed by atoms with Gasteiger partial charge < -0.3 is 10.0 Å². The number of hydrogen-bond donors (Lipinski definition) is 1. The molecule has 1 N–H and O–H groups in total. The van der Waals surface area contributed by atoms with E-state index in [1.807, 2.05) is 11.8 Å². The summed E-state index contributed by atoms with van der Waals surface area (Å²) in [5, 5.41) is 8.99. The van der Waals surface area contributed by atoms with Crippen molar-refractivity contribution in [2.75, 3.05) is 19.6 Å². The Labute approximate surface area is 60.6 Å². The number of alkyl halides is 1. The molecule has 0 amide bonds. The minimum Gasteiger partial charge on any atom is -0.390 e. The van der Waals surface area contributed by atoms with Crippen LogP contribution in [0, 0.1) is 0 Å². The van der Waals surface area contributed by atoms with Crippen LogP contribution in [-0.4, -0.2) is 41.9 Å². The van der Waals surface area contributed by atoms with Gasteiger partial charge in [0.05, 0.1) is 6.10 Å². The molecule has 0 radical (unpaired) electrons. The number of piperidine rings is 1. The third kappa shape index (κ3) is 1.67. The standard InChI is InChI=1S/C7H14FNO/c1-2-9-4-3-7(10)6(8)5-9/h6-7,10H,2-5H2,1H3/t6-,7-/m0/s1. The minimum absolute atomic E-state index is 0.400. The molecule has 60 valence electrons. The maximum atomic E-state index is 12.7. The summed E-state index contributed by atoms with van der Waals surface area (Å²) in [4.78, 5) is 2.01. The van der Waals surface area contributed by atoms with Crippen molar-refractivity contribution in [3.05, 3.63) is 0 Å². The lowest BCUT2D eigenvalue weighted by Gasteiger charge is -2.30. The summed E-state index contributed by atoms with van der Waals surface area (Å²) < 4.78 is 12.7. The topological polar surface area (TPSA) is 23.5 Å². The predicted octanol–water partition coefficient (Wildman–Crippen LogP) is 0.411. The van der Waals surface area contributed by atoms with Gasteiger partial charge in [0, 0.05) is 13.1 Å². The number of nitrogens with zero attached hydrogens (tertiary/aromatic N) is 1. The van der Waals surface area contributed by atoms with Crippen LogP contribution in [0.2, 0.25) is 0 Å². The SMILES string of the molecule is CCN1CC[C@H](O)[C@@H](F)C1. The largest absolute Gasteiger partial charge is 0.390 e. The van der Waals surface area contributed by atoms with E-state index in [1.54, 1.807) is 0 Å². The zero-order valence-corrected chi connectivity index (χ0v) is 6.26. The van der Waals surface area contributed by atoms with Gasteiger partial charge in [-0.15, -0.1) is 0 Å². The Hall–Kier alpha value is -0.150.